The first-order valence-corrected chi connectivity index (χ1v) is 9.16. The van der Waals surface area contributed by atoms with E-state index in [0.29, 0.717) is 26.4 Å². The molecule has 1 saturated heterocycles. The van der Waals surface area contributed by atoms with E-state index < -0.39 is 5.97 Å². The van der Waals surface area contributed by atoms with E-state index in [1.807, 2.05) is 6.07 Å². The Balaban J connectivity index is 1.68. The molecule has 0 spiro atoms. The van der Waals surface area contributed by atoms with E-state index in [2.05, 4.69) is 0 Å². The van der Waals surface area contributed by atoms with Crippen molar-refractivity contribution in [3.8, 4) is 11.5 Å². The Morgan fingerprint density at radius 2 is 2.00 bits per heavy atom. The van der Waals surface area contributed by atoms with Crippen LogP contribution < -0.4 is 14.4 Å². The van der Waals surface area contributed by atoms with E-state index in [9.17, 15) is 9.59 Å². The molecule has 27 heavy (non-hydrogen) atoms. The standard InChI is InChI=1S/C19H13NO5S2/c1-23-18(22)12-4-2-3-5-13(12)20-17(21)16(27-19(20)26)9-11-6-7-14-15(8-11)25-10-24-14/h2-9H,10H2,1H3. The Morgan fingerprint density at radius 3 is 2.81 bits per heavy atom. The number of thiocarbonyl (C=S) groups is 1. The number of rotatable bonds is 3. The van der Waals surface area contributed by atoms with Gasteiger partial charge in [-0.05, 0) is 35.9 Å². The zero-order chi connectivity index (χ0) is 19.0. The fourth-order valence-corrected chi connectivity index (χ4v) is 4.07. The minimum Gasteiger partial charge on any atom is -0.465 e. The lowest BCUT2D eigenvalue weighted by atomic mass is 10.1. The van der Waals surface area contributed by atoms with E-state index in [4.69, 9.17) is 26.4 Å². The Morgan fingerprint density at radius 1 is 1.22 bits per heavy atom. The molecule has 2 aliphatic rings. The molecule has 2 aromatic carbocycles. The number of para-hydroxylation sites is 1. The zero-order valence-electron chi connectivity index (χ0n) is 14.1. The molecular formula is C19H13NO5S2. The van der Waals surface area contributed by atoms with Gasteiger partial charge in [0.05, 0.1) is 23.3 Å². The van der Waals surface area contributed by atoms with Gasteiger partial charge < -0.3 is 14.2 Å². The van der Waals surface area contributed by atoms with Gasteiger partial charge in [0.2, 0.25) is 6.79 Å². The minimum atomic E-state index is -0.528. The van der Waals surface area contributed by atoms with Gasteiger partial charge in [-0.25, -0.2) is 4.79 Å². The number of hydrogen-bond donors (Lipinski definition) is 0. The first-order chi connectivity index (χ1) is 13.1. The summed E-state index contributed by atoms with van der Waals surface area (Å²) < 4.78 is 15.8. The molecule has 0 aliphatic carbocycles. The van der Waals surface area contributed by atoms with Gasteiger partial charge in [0.15, 0.2) is 15.8 Å². The van der Waals surface area contributed by atoms with Crippen molar-refractivity contribution in [2.75, 3.05) is 18.8 Å². The number of hydrogen-bond acceptors (Lipinski definition) is 7. The van der Waals surface area contributed by atoms with Gasteiger partial charge in [-0.3, -0.25) is 9.69 Å². The number of nitrogens with zero attached hydrogens (tertiary/aromatic N) is 1. The predicted molar refractivity (Wildman–Crippen MR) is 106 cm³/mol. The van der Waals surface area contributed by atoms with Crippen LogP contribution in [0.1, 0.15) is 15.9 Å². The second kappa shape index (κ2) is 7.05. The van der Waals surface area contributed by atoms with Crippen LogP contribution in [0.25, 0.3) is 6.08 Å². The SMILES string of the molecule is COC(=O)c1ccccc1N1C(=O)C(=Cc2ccc3c(c2)OCO3)SC1=S. The number of thioether (sulfide) groups is 1. The lowest BCUT2D eigenvalue weighted by molar-refractivity contribution is -0.113. The molecular weight excluding hydrogens is 386 g/mol. The Bertz CT molecular complexity index is 1000. The summed E-state index contributed by atoms with van der Waals surface area (Å²) in [6.45, 7) is 0.186. The molecule has 0 N–H and O–H groups in total. The third kappa shape index (κ3) is 3.17. The summed E-state index contributed by atoms with van der Waals surface area (Å²) in [6.07, 6.45) is 1.74. The maximum Gasteiger partial charge on any atom is 0.339 e. The number of methoxy groups -OCH3 is 1. The molecule has 2 aromatic rings. The van der Waals surface area contributed by atoms with Crippen molar-refractivity contribution in [3.05, 3.63) is 58.5 Å². The predicted octanol–water partition coefficient (Wildman–Crippen LogP) is 3.61. The highest BCUT2D eigenvalue weighted by molar-refractivity contribution is 8.27. The van der Waals surface area contributed by atoms with Crippen LogP contribution in [0.4, 0.5) is 5.69 Å². The van der Waals surface area contributed by atoms with Gasteiger partial charge in [-0.2, -0.15) is 0 Å². The van der Waals surface area contributed by atoms with Gasteiger partial charge in [-0.15, -0.1) is 0 Å². The number of ether oxygens (including phenoxy) is 3. The number of anilines is 1. The van der Waals surface area contributed by atoms with Crippen LogP contribution in [0.15, 0.2) is 47.4 Å². The third-order valence-corrected chi connectivity index (χ3v) is 5.34. The largest absolute Gasteiger partial charge is 0.465 e. The van der Waals surface area contributed by atoms with Crippen LogP contribution in [-0.4, -0.2) is 30.1 Å². The highest BCUT2D eigenvalue weighted by Crippen LogP contribution is 2.39. The molecule has 4 rings (SSSR count). The lowest BCUT2D eigenvalue weighted by Gasteiger charge is -2.17. The monoisotopic (exact) mass is 399 g/mol. The molecule has 2 heterocycles. The van der Waals surface area contributed by atoms with Crippen LogP contribution >= 0.6 is 24.0 Å². The molecule has 6 nitrogen and oxygen atoms in total. The van der Waals surface area contributed by atoms with Crippen molar-refractivity contribution >= 4 is 51.9 Å². The second-order valence-corrected chi connectivity index (χ2v) is 7.31. The summed E-state index contributed by atoms with van der Waals surface area (Å²) in [5, 5.41) is 0. The molecule has 0 radical (unpaired) electrons. The average Bonchev–Trinajstić information content (AvgIpc) is 3.25. The molecule has 1 fully saturated rings. The summed E-state index contributed by atoms with van der Waals surface area (Å²) in [5.74, 6) is 0.486. The lowest BCUT2D eigenvalue weighted by Crippen LogP contribution is -2.29. The molecule has 0 unspecified atom stereocenters. The number of benzene rings is 2. The number of carbonyl (C=O) groups is 2. The van der Waals surface area contributed by atoms with Gasteiger partial charge in [0.25, 0.3) is 5.91 Å². The smallest absolute Gasteiger partial charge is 0.339 e. The van der Waals surface area contributed by atoms with E-state index >= 15 is 0 Å². The van der Waals surface area contributed by atoms with Crippen LogP contribution in [0.2, 0.25) is 0 Å². The molecule has 0 atom stereocenters. The minimum absolute atomic E-state index is 0.186. The van der Waals surface area contributed by atoms with Crippen molar-refractivity contribution in [1.82, 2.24) is 0 Å². The Hall–Kier alpha value is -2.84. The molecule has 2 aliphatic heterocycles. The summed E-state index contributed by atoms with van der Waals surface area (Å²) in [5.41, 5.74) is 1.47. The third-order valence-electron chi connectivity index (χ3n) is 4.04. The molecule has 136 valence electrons. The van der Waals surface area contributed by atoms with Crippen molar-refractivity contribution in [2.24, 2.45) is 0 Å². The second-order valence-electron chi connectivity index (χ2n) is 5.64. The molecule has 0 bridgehead atoms. The number of amides is 1. The summed E-state index contributed by atoms with van der Waals surface area (Å²) in [4.78, 5) is 26.8. The average molecular weight is 399 g/mol. The fourth-order valence-electron chi connectivity index (χ4n) is 2.78. The van der Waals surface area contributed by atoms with Gasteiger partial charge in [-0.1, -0.05) is 42.2 Å². The van der Waals surface area contributed by atoms with Crippen molar-refractivity contribution in [2.45, 2.75) is 0 Å². The first-order valence-electron chi connectivity index (χ1n) is 7.93. The molecule has 1 amide bonds. The van der Waals surface area contributed by atoms with E-state index in [-0.39, 0.29) is 18.3 Å². The van der Waals surface area contributed by atoms with Crippen LogP contribution in [-0.2, 0) is 9.53 Å². The van der Waals surface area contributed by atoms with Crippen molar-refractivity contribution in [3.63, 3.8) is 0 Å². The van der Waals surface area contributed by atoms with Crippen LogP contribution in [0.3, 0.4) is 0 Å². The topological polar surface area (TPSA) is 65.1 Å². The summed E-state index contributed by atoms with van der Waals surface area (Å²) in [6, 6.07) is 12.1. The highest BCUT2D eigenvalue weighted by Gasteiger charge is 2.35. The maximum absolute atomic E-state index is 13.0. The van der Waals surface area contributed by atoms with E-state index in [0.717, 1.165) is 5.56 Å². The van der Waals surface area contributed by atoms with Crippen molar-refractivity contribution in [1.29, 1.82) is 0 Å². The highest BCUT2D eigenvalue weighted by atomic mass is 32.2. The normalized spacial score (nSPS) is 16.9. The summed E-state index contributed by atoms with van der Waals surface area (Å²) >= 11 is 6.56. The summed E-state index contributed by atoms with van der Waals surface area (Å²) in [7, 11) is 1.29. The van der Waals surface area contributed by atoms with Crippen LogP contribution in [0, 0.1) is 0 Å². The van der Waals surface area contributed by atoms with E-state index in [1.165, 1.54) is 23.8 Å². The molecule has 0 aromatic heterocycles. The fraction of sp³-hybridized carbons (Fsp3) is 0.105. The molecule has 8 heteroatoms. The quantitative estimate of drug-likeness (QED) is 0.444. The van der Waals surface area contributed by atoms with E-state index in [1.54, 1.807) is 42.5 Å². The van der Waals surface area contributed by atoms with Gasteiger partial charge in [0.1, 0.15) is 0 Å². The molecule has 0 saturated carbocycles. The Kier molecular flexibility index (Phi) is 4.59. The van der Waals surface area contributed by atoms with Gasteiger partial charge in [0, 0.05) is 0 Å². The maximum atomic E-state index is 13.0. The van der Waals surface area contributed by atoms with Crippen LogP contribution in [0.5, 0.6) is 11.5 Å². The first kappa shape index (κ1) is 17.6. The van der Waals surface area contributed by atoms with Crippen molar-refractivity contribution < 1.29 is 23.8 Å². The number of esters is 1. The zero-order valence-corrected chi connectivity index (χ0v) is 15.8. The number of carbonyl (C=O) groups excluding carboxylic acids is 2. The Labute approximate surface area is 164 Å². The van der Waals surface area contributed by atoms with Gasteiger partial charge >= 0.3 is 5.97 Å². The number of fused-ring (bicyclic) bond motifs is 1.